The van der Waals surface area contributed by atoms with Gasteiger partial charge in [0.25, 0.3) is 0 Å². The van der Waals surface area contributed by atoms with Crippen LogP contribution >= 0.6 is 0 Å². The number of hydrogen-bond donors (Lipinski definition) is 1. The maximum atomic E-state index is 10.7. The van der Waals surface area contributed by atoms with E-state index < -0.39 is 12.1 Å². The summed E-state index contributed by atoms with van der Waals surface area (Å²) in [5, 5.41) is 0. The second kappa shape index (κ2) is 7.89. The highest BCUT2D eigenvalue weighted by Gasteiger charge is 1.95. The van der Waals surface area contributed by atoms with Gasteiger partial charge in [-0.2, -0.15) is 0 Å². The molecule has 6 nitrogen and oxygen atoms in total. The van der Waals surface area contributed by atoms with Crippen molar-refractivity contribution in [2.45, 2.75) is 0 Å². The van der Waals surface area contributed by atoms with Gasteiger partial charge in [0.15, 0.2) is 6.61 Å². The van der Waals surface area contributed by atoms with Crippen LogP contribution in [0.25, 0.3) is 0 Å². The summed E-state index contributed by atoms with van der Waals surface area (Å²) in [6, 6.07) is 0. The summed E-state index contributed by atoms with van der Waals surface area (Å²) in [5.41, 5.74) is 4.65. The average molecular weight is 201 g/mol. The smallest absolute Gasteiger partial charge is 0.405 e. The summed E-state index contributed by atoms with van der Waals surface area (Å²) in [4.78, 5) is 20.8. The van der Waals surface area contributed by atoms with E-state index in [-0.39, 0.29) is 13.2 Å². The van der Waals surface area contributed by atoms with E-state index in [4.69, 9.17) is 0 Å². The Bertz CT molecular complexity index is 252. The first-order chi connectivity index (χ1) is 6.66. The number of rotatable bonds is 4. The van der Waals surface area contributed by atoms with Gasteiger partial charge in [0.05, 0.1) is 6.61 Å². The lowest BCUT2D eigenvalue weighted by Crippen LogP contribution is -2.13. The van der Waals surface area contributed by atoms with Crippen molar-refractivity contribution >= 4 is 12.1 Å². The highest BCUT2D eigenvalue weighted by molar-refractivity contribution is 5.88. The van der Waals surface area contributed by atoms with E-state index in [1.165, 1.54) is 7.11 Å². The Morgan fingerprint density at radius 1 is 1.29 bits per heavy atom. The monoisotopic (exact) mass is 201 g/mol. The lowest BCUT2D eigenvalue weighted by Gasteiger charge is -1.97. The van der Waals surface area contributed by atoms with E-state index in [1.54, 1.807) is 0 Å². The van der Waals surface area contributed by atoms with Gasteiger partial charge in [-0.05, 0) is 5.92 Å². The molecule has 0 aliphatic carbocycles. The van der Waals surface area contributed by atoms with Gasteiger partial charge in [-0.1, -0.05) is 0 Å². The molecule has 0 radical (unpaired) electrons. The molecule has 0 aliphatic rings. The number of primary amides is 1. The summed E-state index contributed by atoms with van der Waals surface area (Å²) >= 11 is 0. The van der Waals surface area contributed by atoms with Crippen LogP contribution < -0.4 is 5.73 Å². The van der Waals surface area contributed by atoms with Crippen molar-refractivity contribution in [1.82, 2.24) is 0 Å². The van der Waals surface area contributed by atoms with Gasteiger partial charge >= 0.3 is 12.1 Å². The maximum absolute atomic E-state index is 10.7. The first kappa shape index (κ1) is 12.3. The number of methoxy groups -OCH3 is 1. The SMILES string of the molecule is COCCOC(=O)C#CCOC(N)=O. The fourth-order valence-corrected chi connectivity index (χ4v) is 0.469. The average Bonchev–Trinajstić information content (AvgIpc) is 2.13. The van der Waals surface area contributed by atoms with Gasteiger partial charge in [0.2, 0.25) is 0 Å². The number of ether oxygens (including phenoxy) is 3. The van der Waals surface area contributed by atoms with Crippen LogP contribution in [-0.2, 0) is 19.0 Å². The quantitative estimate of drug-likeness (QED) is 0.280. The van der Waals surface area contributed by atoms with Crippen molar-refractivity contribution in [2.75, 3.05) is 26.9 Å². The second-order valence-corrected chi connectivity index (χ2v) is 2.04. The lowest BCUT2D eigenvalue weighted by molar-refractivity contribution is -0.137. The molecule has 0 fully saturated rings. The Morgan fingerprint density at radius 2 is 2.00 bits per heavy atom. The standard InChI is InChI=1S/C8H11NO5/c1-12-5-6-13-7(10)3-2-4-14-8(9)11/h4-6H2,1H3,(H2,9,11). The van der Waals surface area contributed by atoms with Gasteiger partial charge < -0.3 is 19.9 Å². The third-order valence-corrected chi connectivity index (χ3v) is 0.998. The molecule has 78 valence electrons. The number of hydrogen-bond acceptors (Lipinski definition) is 5. The van der Waals surface area contributed by atoms with Crippen molar-refractivity contribution in [3.05, 3.63) is 0 Å². The molecule has 0 heterocycles. The molecule has 0 aromatic rings. The maximum Gasteiger partial charge on any atom is 0.405 e. The largest absolute Gasteiger partial charge is 0.454 e. The number of carbonyl (C=O) groups is 2. The molecule has 0 atom stereocenters. The minimum absolute atomic E-state index is 0.140. The molecule has 0 saturated heterocycles. The summed E-state index contributed by atoms with van der Waals surface area (Å²) in [7, 11) is 1.49. The van der Waals surface area contributed by atoms with Gasteiger partial charge in [-0.25, -0.2) is 9.59 Å². The van der Waals surface area contributed by atoms with Gasteiger partial charge in [-0.3, -0.25) is 0 Å². The number of nitrogens with two attached hydrogens (primary N) is 1. The van der Waals surface area contributed by atoms with Crippen LogP contribution in [0.3, 0.4) is 0 Å². The molecule has 2 N–H and O–H groups in total. The van der Waals surface area contributed by atoms with Gasteiger partial charge in [-0.15, -0.1) is 0 Å². The Hall–Kier alpha value is -1.74. The fraction of sp³-hybridized carbons (Fsp3) is 0.500. The molecule has 0 bridgehead atoms. The van der Waals surface area contributed by atoms with E-state index >= 15 is 0 Å². The lowest BCUT2D eigenvalue weighted by atomic mass is 10.6. The van der Waals surface area contributed by atoms with E-state index in [0.29, 0.717) is 6.61 Å². The minimum atomic E-state index is -0.938. The highest BCUT2D eigenvalue weighted by atomic mass is 16.6. The first-order valence-corrected chi connectivity index (χ1v) is 3.73. The minimum Gasteiger partial charge on any atom is -0.454 e. The number of amides is 1. The highest BCUT2D eigenvalue weighted by Crippen LogP contribution is 1.77. The van der Waals surface area contributed by atoms with Crippen LogP contribution in [-0.4, -0.2) is 39.0 Å². The fourth-order valence-electron chi connectivity index (χ4n) is 0.469. The molecule has 0 aliphatic heterocycles. The van der Waals surface area contributed by atoms with E-state index in [2.05, 4.69) is 31.8 Å². The normalized spacial score (nSPS) is 8.36. The van der Waals surface area contributed by atoms with Gasteiger partial charge in [0.1, 0.15) is 6.61 Å². The van der Waals surface area contributed by atoms with E-state index in [0.717, 1.165) is 0 Å². The van der Waals surface area contributed by atoms with Gasteiger partial charge in [0, 0.05) is 13.0 Å². The Balaban J connectivity index is 3.54. The van der Waals surface area contributed by atoms with Crippen LogP contribution in [0.4, 0.5) is 4.79 Å². The van der Waals surface area contributed by atoms with Crippen LogP contribution in [0, 0.1) is 11.8 Å². The zero-order valence-corrected chi connectivity index (χ0v) is 7.74. The molecule has 0 aromatic heterocycles. The van der Waals surface area contributed by atoms with E-state index in [9.17, 15) is 9.59 Å². The van der Waals surface area contributed by atoms with Crippen molar-refractivity contribution in [3.8, 4) is 11.8 Å². The topological polar surface area (TPSA) is 87.8 Å². The number of carbonyl (C=O) groups excluding carboxylic acids is 2. The zero-order valence-electron chi connectivity index (χ0n) is 7.74. The first-order valence-electron chi connectivity index (χ1n) is 3.73. The number of esters is 1. The molecular weight excluding hydrogens is 190 g/mol. The molecule has 0 saturated carbocycles. The predicted octanol–water partition coefficient (Wildman–Crippen LogP) is -0.725. The molecular formula is C8H11NO5. The molecule has 6 heteroatoms. The van der Waals surface area contributed by atoms with Crippen LogP contribution in [0.5, 0.6) is 0 Å². The molecule has 0 spiro atoms. The zero-order chi connectivity index (χ0) is 10.8. The Labute approximate surface area is 81.3 Å². The summed E-state index contributed by atoms with van der Waals surface area (Å²) < 4.78 is 13.5. The summed E-state index contributed by atoms with van der Waals surface area (Å²) in [6.07, 6.45) is -0.938. The Kier molecular flexibility index (Phi) is 6.91. The second-order valence-electron chi connectivity index (χ2n) is 2.04. The van der Waals surface area contributed by atoms with Crippen molar-refractivity contribution in [3.63, 3.8) is 0 Å². The predicted molar refractivity (Wildman–Crippen MR) is 46.1 cm³/mol. The van der Waals surface area contributed by atoms with Crippen molar-refractivity contribution in [1.29, 1.82) is 0 Å². The summed E-state index contributed by atoms with van der Waals surface area (Å²) in [6.45, 7) is 0.223. The third-order valence-electron chi connectivity index (χ3n) is 0.998. The molecule has 14 heavy (non-hydrogen) atoms. The molecule has 0 aromatic carbocycles. The van der Waals surface area contributed by atoms with Crippen LogP contribution in [0.15, 0.2) is 0 Å². The molecule has 1 amide bonds. The van der Waals surface area contributed by atoms with Crippen LogP contribution in [0.2, 0.25) is 0 Å². The van der Waals surface area contributed by atoms with Crippen LogP contribution in [0.1, 0.15) is 0 Å². The third kappa shape index (κ3) is 8.36. The summed E-state index contributed by atoms with van der Waals surface area (Å²) in [5.74, 6) is 3.65. The van der Waals surface area contributed by atoms with Crippen molar-refractivity contribution in [2.24, 2.45) is 5.73 Å². The van der Waals surface area contributed by atoms with E-state index in [1.807, 2.05) is 0 Å². The van der Waals surface area contributed by atoms with Crippen molar-refractivity contribution < 1.29 is 23.8 Å². The molecule has 0 rings (SSSR count). The molecule has 0 unspecified atom stereocenters. The Morgan fingerprint density at radius 3 is 2.57 bits per heavy atom.